The van der Waals surface area contributed by atoms with Crippen molar-refractivity contribution in [3.63, 3.8) is 0 Å². The first-order valence-electron chi connectivity index (χ1n) is 6.46. The van der Waals surface area contributed by atoms with Gasteiger partial charge in [-0.25, -0.2) is 4.98 Å². The van der Waals surface area contributed by atoms with Crippen molar-refractivity contribution in [2.75, 3.05) is 6.54 Å². The minimum atomic E-state index is -4.83. The summed E-state index contributed by atoms with van der Waals surface area (Å²) in [4.78, 5) is 3.62. The number of aromatic nitrogens is 2. The molecule has 2 heterocycles. The Labute approximate surface area is 129 Å². The van der Waals surface area contributed by atoms with Crippen LogP contribution in [0.15, 0.2) is 28.9 Å². The second kappa shape index (κ2) is 6.31. The second-order valence-electron chi connectivity index (χ2n) is 4.85. The van der Waals surface area contributed by atoms with E-state index in [1.165, 1.54) is 19.4 Å². The highest BCUT2D eigenvalue weighted by Gasteiger charge is 2.56. The number of nitrogens with one attached hydrogen (secondary N) is 1. The summed E-state index contributed by atoms with van der Waals surface area (Å²) in [7, 11) is 1.40. The molecule has 0 saturated heterocycles. The third kappa shape index (κ3) is 3.45. The Bertz CT molecular complexity index is 626. The fourth-order valence-corrected chi connectivity index (χ4v) is 2.23. The van der Waals surface area contributed by atoms with Crippen LogP contribution in [0.3, 0.4) is 0 Å². The highest BCUT2D eigenvalue weighted by Crippen LogP contribution is 2.40. The molecule has 9 heteroatoms. The van der Waals surface area contributed by atoms with Crippen molar-refractivity contribution in [1.82, 2.24) is 14.9 Å². The molecule has 2 aromatic heterocycles. The number of furan rings is 1. The van der Waals surface area contributed by atoms with Gasteiger partial charge < -0.3 is 19.4 Å². The molecule has 2 N–H and O–H groups in total. The zero-order chi connectivity index (χ0) is 16.4. The molecular formula is C13H15ClF3N3O2. The second-order valence-corrected chi connectivity index (χ2v) is 5.22. The summed E-state index contributed by atoms with van der Waals surface area (Å²) < 4.78 is 45.9. The highest BCUT2D eigenvalue weighted by molar-refractivity contribution is 6.28. The van der Waals surface area contributed by atoms with E-state index >= 15 is 0 Å². The number of aryl methyl sites for hydroxylation is 1. The summed E-state index contributed by atoms with van der Waals surface area (Å²) in [5, 5.41) is 13.1. The Hall–Kier alpha value is -1.51. The summed E-state index contributed by atoms with van der Waals surface area (Å²) in [5.41, 5.74) is -3.01. The molecule has 0 aromatic carbocycles. The normalized spacial score (nSPS) is 15.0. The molecule has 1 atom stereocenters. The maximum Gasteiger partial charge on any atom is 0.424 e. The SMILES string of the molecule is Cn1ccnc1C(O)(CCNCc1ccc(Cl)o1)C(F)(F)F. The lowest BCUT2D eigenvalue weighted by atomic mass is 9.97. The quantitative estimate of drug-likeness (QED) is 0.795. The molecular weight excluding hydrogens is 323 g/mol. The van der Waals surface area contributed by atoms with Crippen molar-refractivity contribution >= 4 is 11.6 Å². The molecule has 1 unspecified atom stereocenters. The molecule has 0 aliphatic rings. The van der Waals surface area contributed by atoms with Crippen LogP contribution in [0, 0.1) is 0 Å². The molecule has 0 saturated carbocycles. The number of halogens is 4. The Kier molecular flexibility index (Phi) is 4.84. The zero-order valence-electron chi connectivity index (χ0n) is 11.7. The van der Waals surface area contributed by atoms with Crippen LogP contribution in [0.25, 0.3) is 0 Å². The molecule has 22 heavy (non-hydrogen) atoms. The van der Waals surface area contributed by atoms with Crippen LogP contribution < -0.4 is 5.32 Å². The average Bonchev–Trinajstić information content (AvgIpc) is 3.02. The van der Waals surface area contributed by atoms with Crippen molar-refractivity contribution < 1.29 is 22.7 Å². The first-order chi connectivity index (χ1) is 10.2. The molecule has 5 nitrogen and oxygen atoms in total. The van der Waals surface area contributed by atoms with E-state index in [1.807, 2.05) is 0 Å². The molecule has 0 amide bonds. The summed E-state index contributed by atoms with van der Waals surface area (Å²) in [6.45, 7) is 0.127. The van der Waals surface area contributed by atoms with Crippen LogP contribution in [0.1, 0.15) is 18.0 Å². The highest BCUT2D eigenvalue weighted by atomic mass is 35.5. The Balaban J connectivity index is 2.01. The van der Waals surface area contributed by atoms with E-state index in [0.717, 1.165) is 4.57 Å². The number of hydrogen-bond donors (Lipinski definition) is 2. The maximum atomic E-state index is 13.2. The molecule has 0 radical (unpaired) electrons. The topological polar surface area (TPSA) is 63.2 Å². The van der Waals surface area contributed by atoms with Crippen LogP contribution in [-0.2, 0) is 19.2 Å². The van der Waals surface area contributed by atoms with Crippen LogP contribution in [0.5, 0.6) is 0 Å². The van der Waals surface area contributed by atoms with Gasteiger partial charge in [-0.15, -0.1) is 0 Å². The number of nitrogens with zero attached hydrogens (tertiary/aromatic N) is 2. The Morgan fingerprint density at radius 1 is 1.41 bits per heavy atom. The van der Waals surface area contributed by atoms with Crippen molar-refractivity contribution in [2.45, 2.75) is 24.7 Å². The molecule has 0 bridgehead atoms. The minimum Gasteiger partial charge on any atom is -0.448 e. The van der Waals surface area contributed by atoms with Gasteiger partial charge in [0.25, 0.3) is 0 Å². The summed E-state index contributed by atoms with van der Waals surface area (Å²) in [6.07, 6.45) is -2.84. The molecule has 0 aliphatic carbocycles. The molecule has 122 valence electrons. The lowest BCUT2D eigenvalue weighted by molar-refractivity contribution is -0.272. The van der Waals surface area contributed by atoms with Crippen molar-refractivity contribution in [2.24, 2.45) is 7.05 Å². The molecule has 2 rings (SSSR count). The number of aliphatic hydroxyl groups is 1. The van der Waals surface area contributed by atoms with Crippen LogP contribution >= 0.6 is 11.6 Å². The Morgan fingerprint density at radius 2 is 2.14 bits per heavy atom. The van der Waals surface area contributed by atoms with Gasteiger partial charge in [-0.1, -0.05) is 0 Å². The minimum absolute atomic E-state index is 0.0822. The van der Waals surface area contributed by atoms with E-state index < -0.39 is 24.0 Å². The smallest absolute Gasteiger partial charge is 0.424 e. The van der Waals surface area contributed by atoms with Crippen molar-refractivity contribution in [3.05, 3.63) is 41.3 Å². The maximum absolute atomic E-state index is 13.2. The largest absolute Gasteiger partial charge is 0.448 e. The first-order valence-corrected chi connectivity index (χ1v) is 6.83. The van der Waals surface area contributed by atoms with Crippen LogP contribution in [-0.4, -0.2) is 27.4 Å². The van der Waals surface area contributed by atoms with E-state index in [1.54, 1.807) is 12.1 Å². The monoisotopic (exact) mass is 337 g/mol. The van der Waals surface area contributed by atoms with Crippen LogP contribution in [0.2, 0.25) is 5.22 Å². The Morgan fingerprint density at radius 3 is 2.64 bits per heavy atom. The van der Waals surface area contributed by atoms with E-state index in [2.05, 4.69) is 10.3 Å². The number of imidazole rings is 1. The predicted molar refractivity (Wildman–Crippen MR) is 73.2 cm³/mol. The summed E-state index contributed by atoms with van der Waals surface area (Å²) in [5.74, 6) is 0.0559. The summed E-state index contributed by atoms with van der Waals surface area (Å²) >= 11 is 5.60. The number of rotatable bonds is 6. The average molecular weight is 338 g/mol. The van der Waals surface area contributed by atoms with Crippen LogP contribution in [0.4, 0.5) is 13.2 Å². The first kappa shape index (κ1) is 16.9. The van der Waals surface area contributed by atoms with E-state index in [0.29, 0.717) is 5.76 Å². The number of alkyl halides is 3. The molecule has 0 spiro atoms. The van der Waals surface area contributed by atoms with E-state index in [9.17, 15) is 18.3 Å². The van der Waals surface area contributed by atoms with Gasteiger partial charge in [0.05, 0.1) is 6.54 Å². The van der Waals surface area contributed by atoms with Crippen molar-refractivity contribution in [3.8, 4) is 0 Å². The molecule has 0 fully saturated rings. The van der Waals surface area contributed by atoms with Gasteiger partial charge in [0, 0.05) is 25.9 Å². The lowest BCUT2D eigenvalue weighted by Gasteiger charge is -2.30. The zero-order valence-corrected chi connectivity index (χ0v) is 12.4. The fourth-order valence-electron chi connectivity index (χ4n) is 2.07. The van der Waals surface area contributed by atoms with Gasteiger partial charge in [-0.3, -0.25) is 0 Å². The third-order valence-corrected chi connectivity index (χ3v) is 3.45. The number of hydrogen-bond acceptors (Lipinski definition) is 4. The predicted octanol–water partition coefficient (Wildman–Crippen LogP) is 2.60. The standard InChI is InChI=1S/C13H15ClF3N3O2/c1-20-7-6-19-11(20)12(21,13(15,16)17)4-5-18-8-9-2-3-10(14)22-9/h2-3,6-7,18,21H,4-5,8H2,1H3. The van der Waals surface area contributed by atoms with Gasteiger partial charge in [-0.05, 0) is 30.3 Å². The van der Waals surface area contributed by atoms with Gasteiger partial charge >= 0.3 is 6.18 Å². The van der Waals surface area contributed by atoms with E-state index in [4.69, 9.17) is 16.0 Å². The lowest BCUT2D eigenvalue weighted by Crippen LogP contribution is -2.46. The van der Waals surface area contributed by atoms with Gasteiger partial charge in [0.1, 0.15) is 11.6 Å². The summed E-state index contributed by atoms with van der Waals surface area (Å²) in [6, 6.07) is 3.16. The van der Waals surface area contributed by atoms with Gasteiger partial charge in [0.2, 0.25) is 5.60 Å². The van der Waals surface area contributed by atoms with Gasteiger partial charge in [0.15, 0.2) is 5.22 Å². The molecule has 2 aromatic rings. The van der Waals surface area contributed by atoms with Gasteiger partial charge in [-0.2, -0.15) is 13.2 Å². The third-order valence-electron chi connectivity index (χ3n) is 3.25. The fraction of sp³-hybridized carbons (Fsp3) is 0.462. The molecule has 0 aliphatic heterocycles. The van der Waals surface area contributed by atoms with E-state index in [-0.39, 0.29) is 18.3 Å². The van der Waals surface area contributed by atoms with Crippen molar-refractivity contribution in [1.29, 1.82) is 0 Å².